The maximum atomic E-state index is 13.0. The molecule has 0 N–H and O–H groups in total. The molecule has 146 valence electrons. The minimum Gasteiger partial charge on any atom is -0.467 e. The number of ketones is 1. The number of para-hydroxylation sites is 1. The van der Waals surface area contributed by atoms with Crippen molar-refractivity contribution in [2.75, 3.05) is 5.75 Å². The van der Waals surface area contributed by atoms with Gasteiger partial charge in [-0.1, -0.05) is 55.1 Å². The van der Waals surface area contributed by atoms with Gasteiger partial charge in [0.1, 0.15) is 5.76 Å². The van der Waals surface area contributed by atoms with Crippen LogP contribution in [-0.2, 0) is 13.0 Å². The lowest BCUT2D eigenvalue weighted by molar-refractivity contribution is 0.102. The number of carbonyl (C=O) groups excluding carboxylic acids is 1. The second kappa shape index (κ2) is 8.49. The Hall–Kier alpha value is -3.12. The molecule has 6 heteroatoms. The molecule has 0 saturated carbocycles. The molecule has 0 bridgehead atoms. The molecule has 2 heterocycles. The number of fused-ring (bicyclic) bond motifs is 1. The molecule has 2 aromatic carbocycles. The van der Waals surface area contributed by atoms with Gasteiger partial charge in [-0.25, -0.2) is 4.98 Å². The molecular formula is C23H20N2O3S. The fraction of sp³-hybridized carbons (Fsp3) is 0.174. The molecule has 0 amide bonds. The predicted octanol–water partition coefficient (Wildman–Crippen LogP) is 4.58. The summed E-state index contributed by atoms with van der Waals surface area (Å²) in [6, 6.07) is 18.5. The molecule has 0 saturated heterocycles. The number of thioether (sulfide) groups is 1. The van der Waals surface area contributed by atoms with Gasteiger partial charge in [0, 0.05) is 5.56 Å². The van der Waals surface area contributed by atoms with Gasteiger partial charge in [0.25, 0.3) is 5.56 Å². The highest BCUT2D eigenvalue weighted by Crippen LogP contribution is 2.20. The molecule has 0 aliphatic carbocycles. The van der Waals surface area contributed by atoms with E-state index in [0.29, 0.717) is 27.4 Å². The van der Waals surface area contributed by atoms with Crippen LogP contribution in [0.2, 0.25) is 0 Å². The maximum absolute atomic E-state index is 13.0. The monoisotopic (exact) mass is 404 g/mol. The van der Waals surface area contributed by atoms with Gasteiger partial charge in [0.15, 0.2) is 10.9 Å². The quantitative estimate of drug-likeness (QED) is 0.256. The number of aromatic nitrogens is 2. The zero-order valence-electron chi connectivity index (χ0n) is 16.0. The highest BCUT2D eigenvalue weighted by atomic mass is 32.2. The largest absolute Gasteiger partial charge is 0.467 e. The van der Waals surface area contributed by atoms with Gasteiger partial charge in [-0.2, -0.15) is 0 Å². The molecule has 0 spiro atoms. The summed E-state index contributed by atoms with van der Waals surface area (Å²) < 4.78 is 6.98. The van der Waals surface area contributed by atoms with Crippen LogP contribution in [0.4, 0.5) is 0 Å². The van der Waals surface area contributed by atoms with Crippen molar-refractivity contribution in [1.29, 1.82) is 0 Å². The molecule has 0 radical (unpaired) electrons. The smallest absolute Gasteiger partial charge is 0.262 e. The number of nitrogens with zero attached hydrogens (tertiary/aromatic N) is 2. The minimum atomic E-state index is -0.144. The van der Waals surface area contributed by atoms with E-state index in [1.165, 1.54) is 17.3 Å². The number of furan rings is 1. The van der Waals surface area contributed by atoms with E-state index < -0.39 is 0 Å². The second-order valence-electron chi connectivity index (χ2n) is 6.64. The summed E-state index contributed by atoms with van der Waals surface area (Å²) in [5.74, 6) is 0.867. The van der Waals surface area contributed by atoms with Crippen LogP contribution < -0.4 is 5.56 Å². The summed E-state index contributed by atoms with van der Waals surface area (Å²) in [4.78, 5) is 30.3. The Morgan fingerprint density at radius 2 is 1.86 bits per heavy atom. The van der Waals surface area contributed by atoms with Crippen molar-refractivity contribution in [2.24, 2.45) is 0 Å². The third kappa shape index (κ3) is 4.17. The molecule has 0 aliphatic rings. The predicted molar refractivity (Wildman–Crippen MR) is 115 cm³/mol. The average Bonchev–Trinajstić information content (AvgIpc) is 3.27. The highest BCUT2D eigenvalue weighted by Gasteiger charge is 2.15. The molecule has 0 aliphatic heterocycles. The fourth-order valence-corrected chi connectivity index (χ4v) is 3.99. The molecule has 4 aromatic rings. The van der Waals surface area contributed by atoms with Crippen molar-refractivity contribution in [3.05, 3.63) is 94.2 Å². The van der Waals surface area contributed by atoms with Gasteiger partial charge in [-0.15, -0.1) is 0 Å². The third-order valence-corrected chi connectivity index (χ3v) is 5.71. The number of benzene rings is 2. The van der Waals surface area contributed by atoms with Crippen molar-refractivity contribution in [3.8, 4) is 0 Å². The topological polar surface area (TPSA) is 65.1 Å². The van der Waals surface area contributed by atoms with Gasteiger partial charge in [0.2, 0.25) is 0 Å². The summed E-state index contributed by atoms with van der Waals surface area (Å²) in [6.07, 6.45) is 2.51. The molecule has 0 fully saturated rings. The first kappa shape index (κ1) is 19.2. The molecule has 4 rings (SSSR count). The Labute approximate surface area is 172 Å². The van der Waals surface area contributed by atoms with Crippen molar-refractivity contribution >= 4 is 28.4 Å². The van der Waals surface area contributed by atoms with E-state index in [-0.39, 0.29) is 23.6 Å². The van der Waals surface area contributed by atoms with Gasteiger partial charge in [0.05, 0.1) is 29.5 Å². The maximum Gasteiger partial charge on any atom is 0.262 e. The zero-order valence-corrected chi connectivity index (χ0v) is 16.8. The van der Waals surface area contributed by atoms with Crippen LogP contribution in [0, 0.1) is 0 Å². The van der Waals surface area contributed by atoms with Crippen molar-refractivity contribution < 1.29 is 9.21 Å². The summed E-state index contributed by atoms with van der Waals surface area (Å²) in [5.41, 5.74) is 2.33. The fourth-order valence-electron chi connectivity index (χ4n) is 3.10. The first-order valence-corrected chi connectivity index (χ1v) is 10.4. The summed E-state index contributed by atoms with van der Waals surface area (Å²) in [6.45, 7) is 2.35. The van der Waals surface area contributed by atoms with E-state index in [2.05, 4.69) is 11.9 Å². The van der Waals surface area contributed by atoms with Crippen LogP contribution >= 0.6 is 11.8 Å². The van der Waals surface area contributed by atoms with Crippen LogP contribution in [0.15, 0.2) is 81.3 Å². The van der Waals surface area contributed by atoms with E-state index in [1.54, 1.807) is 23.0 Å². The van der Waals surface area contributed by atoms with Crippen LogP contribution in [0.5, 0.6) is 0 Å². The molecule has 29 heavy (non-hydrogen) atoms. The van der Waals surface area contributed by atoms with Crippen molar-refractivity contribution in [1.82, 2.24) is 9.55 Å². The Bertz CT molecular complexity index is 1200. The van der Waals surface area contributed by atoms with E-state index in [0.717, 1.165) is 6.42 Å². The number of hydrogen-bond acceptors (Lipinski definition) is 5. The lowest BCUT2D eigenvalue weighted by atomic mass is 10.1. The summed E-state index contributed by atoms with van der Waals surface area (Å²) >= 11 is 1.27. The van der Waals surface area contributed by atoms with Crippen LogP contribution in [0.3, 0.4) is 0 Å². The number of carbonyl (C=O) groups is 1. The molecule has 5 nitrogen and oxygen atoms in total. The van der Waals surface area contributed by atoms with Gasteiger partial charge in [-0.05, 0) is 36.2 Å². The number of rotatable bonds is 7. The van der Waals surface area contributed by atoms with Crippen LogP contribution in [0.25, 0.3) is 10.9 Å². The third-order valence-electron chi connectivity index (χ3n) is 4.74. The first-order chi connectivity index (χ1) is 14.2. The SMILES string of the molecule is CCc1ccc(C(=O)CSc2nc3ccccc3c(=O)n2Cc2ccco2)cc1. The van der Waals surface area contributed by atoms with E-state index >= 15 is 0 Å². The Balaban J connectivity index is 1.64. The normalized spacial score (nSPS) is 11.1. The highest BCUT2D eigenvalue weighted by molar-refractivity contribution is 7.99. The summed E-state index contributed by atoms with van der Waals surface area (Å²) in [7, 11) is 0. The Morgan fingerprint density at radius 3 is 2.59 bits per heavy atom. The van der Waals surface area contributed by atoms with Crippen LogP contribution in [0.1, 0.15) is 28.6 Å². The van der Waals surface area contributed by atoms with E-state index in [9.17, 15) is 9.59 Å². The standard InChI is InChI=1S/C23H20N2O3S/c1-2-16-9-11-17(12-10-16)21(26)15-29-23-24-20-8-4-3-7-19(20)22(27)25(23)14-18-6-5-13-28-18/h3-13H,2,14-15H2,1H3. The second-order valence-corrected chi connectivity index (χ2v) is 7.59. The lowest BCUT2D eigenvalue weighted by Gasteiger charge is -2.12. The zero-order chi connectivity index (χ0) is 20.2. The number of hydrogen-bond donors (Lipinski definition) is 0. The number of Topliss-reactive ketones (excluding diaryl/α,β-unsaturated/α-hetero) is 1. The molecule has 2 aromatic heterocycles. The molecule has 0 unspecified atom stereocenters. The van der Waals surface area contributed by atoms with E-state index in [1.807, 2.05) is 48.5 Å². The van der Waals surface area contributed by atoms with Gasteiger partial charge in [-0.3, -0.25) is 14.2 Å². The Morgan fingerprint density at radius 1 is 1.07 bits per heavy atom. The summed E-state index contributed by atoms with van der Waals surface area (Å²) in [5, 5.41) is 1.05. The molecule has 0 atom stereocenters. The van der Waals surface area contributed by atoms with E-state index in [4.69, 9.17) is 4.42 Å². The first-order valence-electron chi connectivity index (χ1n) is 9.42. The van der Waals surface area contributed by atoms with Crippen molar-refractivity contribution in [2.45, 2.75) is 25.0 Å². The van der Waals surface area contributed by atoms with Gasteiger partial charge < -0.3 is 4.42 Å². The number of aryl methyl sites for hydroxylation is 1. The van der Waals surface area contributed by atoms with Crippen molar-refractivity contribution in [3.63, 3.8) is 0 Å². The van der Waals surface area contributed by atoms with Gasteiger partial charge >= 0.3 is 0 Å². The van der Waals surface area contributed by atoms with Crippen LogP contribution in [-0.4, -0.2) is 21.1 Å². The minimum absolute atomic E-state index is 0.00427. The molecular weight excluding hydrogens is 384 g/mol. The average molecular weight is 404 g/mol. The lowest BCUT2D eigenvalue weighted by Crippen LogP contribution is -2.24. The Kier molecular flexibility index (Phi) is 5.62.